The molecule has 0 amide bonds. The van der Waals surface area contributed by atoms with Gasteiger partial charge in [0.1, 0.15) is 0 Å². The fourth-order valence-corrected chi connectivity index (χ4v) is 1.78. The lowest BCUT2D eigenvalue weighted by atomic mass is 10.1. The molecule has 1 fully saturated rings. The number of methoxy groups -OCH3 is 1. The maximum Gasteiger partial charge on any atom is 0.0743 e. The highest BCUT2D eigenvalue weighted by atomic mass is 79.9. The van der Waals surface area contributed by atoms with E-state index in [1.165, 1.54) is 0 Å². The SMILES string of the molecule is COC1CNCC1CBr. The van der Waals surface area contributed by atoms with Gasteiger partial charge in [-0.25, -0.2) is 0 Å². The van der Waals surface area contributed by atoms with Gasteiger partial charge in [0.15, 0.2) is 0 Å². The minimum atomic E-state index is 0.421. The van der Waals surface area contributed by atoms with Crippen LogP contribution in [-0.4, -0.2) is 31.6 Å². The molecule has 1 N–H and O–H groups in total. The molecule has 0 saturated carbocycles. The largest absolute Gasteiger partial charge is 0.380 e. The quantitative estimate of drug-likeness (QED) is 0.650. The highest BCUT2D eigenvalue weighted by molar-refractivity contribution is 9.09. The summed E-state index contributed by atoms with van der Waals surface area (Å²) in [6, 6.07) is 0. The van der Waals surface area contributed by atoms with Gasteiger partial charge in [0.25, 0.3) is 0 Å². The maximum atomic E-state index is 5.22. The third-order valence-corrected chi connectivity index (χ3v) is 2.61. The van der Waals surface area contributed by atoms with Crippen molar-refractivity contribution in [1.82, 2.24) is 5.32 Å². The Morgan fingerprint density at radius 2 is 2.44 bits per heavy atom. The first-order valence-electron chi connectivity index (χ1n) is 3.18. The molecular weight excluding hydrogens is 182 g/mol. The van der Waals surface area contributed by atoms with Gasteiger partial charge in [-0.3, -0.25) is 0 Å². The topological polar surface area (TPSA) is 21.3 Å². The van der Waals surface area contributed by atoms with Crippen molar-refractivity contribution in [1.29, 1.82) is 0 Å². The standard InChI is InChI=1S/C6H12BrNO/c1-9-6-4-8-3-5(6)2-7/h5-6,8H,2-4H2,1H3. The highest BCUT2D eigenvalue weighted by Crippen LogP contribution is 2.13. The van der Waals surface area contributed by atoms with Crippen molar-refractivity contribution >= 4 is 15.9 Å². The number of rotatable bonds is 2. The Bertz CT molecular complexity index is 79.1. The molecule has 0 aromatic carbocycles. The number of halogens is 1. The Hall–Kier alpha value is 0.400. The summed E-state index contributed by atoms with van der Waals surface area (Å²) in [5.41, 5.74) is 0. The molecule has 1 heterocycles. The summed E-state index contributed by atoms with van der Waals surface area (Å²) in [6.07, 6.45) is 0.421. The van der Waals surface area contributed by atoms with Crippen LogP contribution in [0.5, 0.6) is 0 Å². The van der Waals surface area contributed by atoms with Crippen LogP contribution in [0, 0.1) is 5.92 Å². The molecule has 2 unspecified atom stereocenters. The summed E-state index contributed by atoms with van der Waals surface area (Å²) in [6.45, 7) is 2.09. The summed E-state index contributed by atoms with van der Waals surface area (Å²) in [4.78, 5) is 0. The van der Waals surface area contributed by atoms with Crippen molar-refractivity contribution in [3.63, 3.8) is 0 Å². The summed E-state index contributed by atoms with van der Waals surface area (Å²) in [7, 11) is 1.77. The van der Waals surface area contributed by atoms with E-state index in [1.54, 1.807) is 7.11 Å². The first kappa shape index (κ1) is 7.51. The van der Waals surface area contributed by atoms with E-state index in [0.29, 0.717) is 12.0 Å². The van der Waals surface area contributed by atoms with Gasteiger partial charge in [-0.1, -0.05) is 15.9 Å². The summed E-state index contributed by atoms with van der Waals surface area (Å²) in [5, 5.41) is 4.31. The van der Waals surface area contributed by atoms with Crippen LogP contribution in [-0.2, 0) is 4.74 Å². The Balaban J connectivity index is 2.32. The molecule has 1 aliphatic heterocycles. The molecular formula is C6H12BrNO. The molecule has 0 aliphatic carbocycles. The number of hydrogen-bond acceptors (Lipinski definition) is 2. The molecule has 0 bridgehead atoms. The lowest BCUT2D eigenvalue weighted by Crippen LogP contribution is -2.21. The lowest BCUT2D eigenvalue weighted by Gasteiger charge is -2.12. The van der Waals surface area contributed by atoms with Crippen molar-refractivity contribution in [2.24, 2.45) is 5.92 Å². The first-order chi connectivity index (χ1) is 4.38. The van der Waals surface area contributed by atoms with Crippen LogP contribution >= 0.6 is 15.9 Å². The zero-order valence-corrected chi connectivity index (χ0v) is 7.15. The normalized spacial score (nSPS) is 35.3. The Morgan fingerprint density at radius 1 is 1.67 bits per heavy atom. The molecule has 54 valence electrons. The minimum Gasteiger partial charge on any atom is -0.380 e. The van der Waals surface area contributed by atoms with Gasteiger partial charge < -0.3 is 10.1 Å². The molecule has 3 heteroatoms. The molecule has 1 rings (SSSR count). The molecule has 2 nitrogen and oxygen atoms in total. The second kappa shape index (κ2) is 3.54. The Morgan fingerprint density at radius 3 is 2.89 bits per heavy atom. The van der Waals surface area contributed by atoms with Gasteiger partial charge in [0, 0.05) is 31.4 Å². The van der Waals surface area contributed by atoms with Crippen LogP contribution < -0.4 is 5.32 Å². The van der Waals surface area contributed by atoms with Crippen LogP contribution in [0.2, 0.25) is 0 Å². The Kier molecular flexibility index (Phi) is 2.95. The number of ether oxygens (including phenoxy) is 1. The smallest absolute Gasteiger partial charge is 0.0743 e. The van der Waals surface area contributed by atoms with Crippen LogP contribution in [0.4, 0.5) is 0 Å². The van der Waals surface area contributed by atoms with Crippen LogP contribution in [0.3, 0.4) is 0 Å². The van der Waals surface area contributed by atoms with Crippen LogP contribution in [0.1, 0.15) is 0 Å². The predicted molar refractivity (Wildman–Crippen MR) is 41.0 cm³/mol. The Labute approximate surface area is 64.1 Å². The lowest BCUT2D eigenvalue weighted by molar-refractivity contribution is 0.0910. The molecule has 1 aliphatic rings. The zero-order chi connectivity index (χ0) is 6.69. The van der Waals surface area contributed by atoms with E-state index in [-0.39, 0.29) is 0 Å². The van der Waals surface area contributed by atoms with Gasteiger partial charge >= 0.3 is 0 Å². The average Bonchev–Trinajstić information content (AvgIpc) is 2.33. The summed E-state index contributed by atoms with van der Waals surface area (Å²) < 4.78 is 5.22. The van der Waals surface area contributed by atoms with E-state index in [2.05, 4.69) is 21.2 Å². The second-order valence-corrected chi connectivity index (χ2v) is 2.99. The molecule has 0 spiro atoms. The number of nitrogens with one attached hydrogen (secondary N) is 1. The van der Waals surface area contributed by atoms with Gasteiger partial charge in [-0.2, -0.15) is 0 Å². The number of hydrogen-bond donors (Lipinski definition) is 1. The van der Waals surface area contributed by atoms with Crippen molar-refractivity contribution in [2.75, 3.05) is 25.5 Å². The maximum absolute atomic E-state index is 5.22. The third-order valence-electron chi connectivity index (χ3n) is 1.78. The fraction of sp³-hybridized carbons (Fsp3) is 1.00. The van der Waals surface area contributed by atoms with Crippen molar-refractivity contribution in [2.45, 2.75) is 6.10 Å². The van der Waals surface area contributed by atoms with E-state index in [1.807, 2.05) is 0 Å². The molecule has 0 aromatic heterocycles. The van der Waals surface area contributed by atoms with Crippen molar-refractivity contribution in [3.05, 3.63) is 0 Å². The number of alkyl halides is 1. The predicted octanol–water partition coefficient (Wildman–Crippen LogP) is 0.616. The van der Waals surface area contributed by atoms with E-state index >= 15 is 0 Å². The summed E-state index contributed by atoms with van der Waals surface area (Å²) in [5.74, 6) is 0.662. The van der Waals surface area contributed by atoms with Crippen LogP contribution in [0.25, 0.3) is 0 Å². The van der Waals surface area contributed by atoms with Crippen molar-refractivity contribution < 1.29 is 4.74 Å². The second-order valence-electron chi connectivity index (χ2n) is 2.35. The average molecular weight is 194 g/mol. The van der Waals surface area contributed by atoms with E-state index in [0.717, 1.165) is 18.4 Å². The van der Waals surface area contributed by atoms with E-state index in [4.69, 9.17) is 4.74 Å². The third kappa shape index (κ3) is 1.66. The molecule has 9 heavy (non-hydrogen) atoms. The molecule has 1 saturated heterocycles. The highest BCUT2D eigenvalue weighted by Gasteiger charge is 2.25. The van der Waals surface area contributed by atoms with Gasteiger partial charge in [0.05, 0.1) is 6.10 Å². The van der Waals surface area contributed by atoms with Gasteiger partial charge in [-0.15, -0.1) is 0 Å². The van der Waals surface area contributed by atoms with Gasteiger partial charge in [-0.05, 0) is 0 Å². The summed E-state index contributed by atoms with van der Waals surface area (Å²) >= 11 is 3.44. The van der Waals surface area contributed by atoms with Crippen molar-refractivity contribution in [3.8, 4) is 0 Å². The molecule has 2 atom stereocenters. The van der Waals surface area contributed by atoms with Crippen LogP contribution in [0.15, 0.2) is 0 Å². The van der Waals surface area contributed by atoms with E-state index < -0.39 is 0 Å². The minimum absolute atomic E-state index is 0.421. The monoisotopic (exact) mass is 193 g/mol. The van der Waals surface area contributed by atoms with Gasteiger partial charge in [0.2, 0.25) is 0 Å². The molecule has 0 aromatic rings. The van der Waals surface area contributed by atoms with E-state index in [9.17, 15) is 0 Å². The molecule has 0 radical (unpaired) electrons. The zero-order valence-electron chi connectivity index (χ0n) is 5.56. The first-order valence-corrected chi connectivity index (χ1v) is 4.30. The fourth-order valence-electron chi connectivity index (χ4n) is 1.14.